The lowest BCUT2D eigenvalue weighted by atomic mass is 9.97. The molecular weight excluding hydrogens is 967 g/mol. The van der Waals surface area contributed by atoms with Gasteiger partial charge in [-0.15, -0.1) is 0 Å². The Bertz CT molecular complexity index is 1690. The van der Waals surface area contributed by atoms with Gasteiger partial charge in [0.15, 0.2) is 12.6 Å². The summed E-state index contributed by atoms with van der Waals surface area (Å²) in [6.45, 7) is 2.67. The van der Waals surface area contributed by atoms with Crippen LogP contribution in [0.4, 0.5) is 0 Å². The van der Waals surface area contributed by atoms with Gasteiger partial charge in [-0.05, 0) is 83.5 Å². The van der Waals surface area contributed by atoms with Gasteiger partial charge in [-0.3, -0.25) is 4.79 Å². The molecular formula is C62H103NO13. The maximum atomic E-state index is 13.2. The second kappa shape index (κ2) is 46.6. The Kier molecular flexibility index (Phi) is 42.1. The number of unbranched alkanes of at least 4 members (excludes halogenated alkanes) is 13. The number of carbonyl (C=O) groups is 1. The molecule has 12 atom stereocenters. The highest BCUT2D eigenvalue weighted by Gasteiger charge is 2.51. The molecule has 14 heteroatoms. The molecule has 0 spiro atoms. The molecule has 2 aliphatic rings. The highest BCUT2D eigenvalue weighted by molar-refractivity contribution is 5.76. The summed E-state index contributed by atoms with van der Waals surface area (Å²) in [6, 6.07) is -0.845. The second-order valence-electron chi connectivity index (χ2n) is 20.0. The fourth-order valence-electron chi connectivity index (χ4n) is 8.82. The molecule has 0 aromatic rings. The minimum atomic E-state index is -1.79. The largest absolute Gasteiger partial charge is 0.394 e. The SMILES string of the molecule is CC/C=C\C/C=C\C/C=C\C/C=C\C/C=C\C/C=C\C/C=C\C/C=C\C/C=C\CCCCCCCC(=O)NC(COC1OC(CO)C(OC2OC(CO)C(O)C(O)C2O)C(O)C1O)C(O)CCCCCCCCCCC. The first kappa shape index (κ1) is 68.8. The lowest BCUT2D eigenvalue weighted by molar-refractivity contribution is -0.359. The summed E-state index contributed by atoms with van der Waals surface area (Å²) in [5.74, 6) is -0.234. The Labute approximate surface area is 457 Å². The van der Waals surface area contributed by atoms with E-state index in [9.17, 15) is 45.6 Å². The van der Waals surface area contributed by atoms with Crippen molar-refractivity contribution in [1.82, 2.24) is 5.32 Å². The molecule has 2 aliphatic heterocycles. The van der Waals surface area contributed by atoms with Crippen LogP contribution in [0.3, 0.4) is 0 Å². The number of allylic oxidation sites excluding steroid dienone is 18. The lowest BCUT2D eigenvalue weighted by Crippen LogP contribution is -2.65. The van der Waals surface area contributed by atoms with Gasteiger partial charge in [-0.1, -0.05) is 200 Å². The number of aliphatic hydroxyl groups excluding tert-OH is 8. The molecule has 0 aliphatic carbocycles. The van der Waals surface area contributed by atoms with Crippen LogP contribution in [0, 0.1) is 0 Å². The van der Waals surface area contributed by atoms with Crippen LogP contribution in [0.5, 0.6) is 0 Å². The van der Waals surface area contributed by atoms with Crippen molar-refractivity contribution >= 4 is 5.91 Å². The summed E-state index contributed by atoms with van der Waals surface area (Å²) in [7, 11) is 0. The zero-order valence-corrected chi connectivity index (χ0v) is 46.4. The average molecular weight is 1070 g/mol. The number of hydrogen-bond donors (Lipinski definition) is 9. The van der Waals surface area contributed by atoms with Crippen molar-refractivity contribution in [2.24, 2.45) is 0 Å². The quantitative estimate of drug-likeness (QED) is 0.0205. The van der Waals surface area contributed by atoms with Gasteiger partial charge in [0.2, 0.25) is 5.91 Å². The predicted molar refractivity (Wildman–Crippen MR) is 304 cm³/mol. The van der Waals surface area contributed by atoms with E-state index in [1.54, 1.807) is 0 Å². The summed E-state index contributed by atoms with van der Waals surface area (Å²) >= 11 is 0. The van der Waals surface area contributed by atoms with Crippen molar-refractivity contribution in [2.45, 2.75) is 254 Å². The Morgan fingerprint density at radius 1 is 0.487 bits per heavy atom. The lowest BCUT2D eigenvalue weighted by Gasteiger charge is -2.46. The third kappa shape index (κ3) is 31.9. The molecule has 14 nitrogen and oxygen atoms in total. The predicted octanol–water partition coefficient (Wildman–Crippen LogP) is 9.66. The van der Waals surface area contributed by atoms with Crippen LogP contribution in [0.15, 0.2) is 109 Å². The monoisotopic (exact) mass is 1070 g/mol. The number of carbonyl (C=O) groups excluding carboxylic acids is 1. The molecule has 434 valence electrons. The van der Waals surface area contributed by atoms with Crippen LogP contribution in [0.25, 0.3) is 0 Å². The fraction of sp³-hybridized carbons (Fsp3) is 0.694. The fourth-order valence-corrected chi connectivity index (χ4v) is 8.82. The van der Waals surface area contributed by atoms with E-state index in [4.69, 9.17) is 18.9 Å². The smallest absolute Gasteiger partial charge is 0.220 e. The molecule has 0 bridgehead atoms. The van der Waals surface area contributed by atoms with Gasteiger partial charge in [0.25, 0.3) is 0 Å². The first-order valence-electron chi connectivity index (χ1n) is 29.1. The average Bonchev–Trinajstić information content (AvgIpc) is 3.42. The molecule has 0 saturated carbocycles. The zero-order valence-electron chi connectivity index (χ0n) is 46.4. The molecule has 2 fully saturated rings. The minimum absolute atomic E-state index is 0.234. The van der Waals surface area contributed by atoms with Gasteiger partial charge in [0.05, 0.1) is 32.0 Å². The Morgan fingerprint density at radius 2 is 0.908 bits per heavy atom. The summed E-state index contributed by atoms with van der Waals surface area (Å²) in [5.41, 5.74) is 0. The number of amides is 1. The normalized spacial score (nSPS) is 25.7. The summed E-state index contributed by atoms with van der Waals surface area (Å²) in [5, 5.41) is 86.9. The van der Waals surface area contributed by atoms with E-state index in [-0.39, 0.29) is 18.9 Å². The van der Waals surface area contributed by atoms with Gasteiger partial charge in [0, 0.05) is 6.42 Å². The highest BCUT2D eigenvalue weighted by atomic mass is 16.7. The van der Waals surface area contributed by atoms with Gasteiger partial charge < -0.3 is 65.1 Å². The van der Waals surface area contributed by atoms with Crippen molar-refractivity contribution in [3.05, 3.63) is 109 Å². The van der Waals surface area contributed by atoms with Crippen LogP contribution >= 0.6 is 0 Å². The summed E-state index contributed by atoms with van der Waals surface area (Å²) < 4.78 is 22.7. The van der Waals surface area contributed by atoms with Crippen molar-refractivity contribution in [1.29, 1.82) is 0 Å². The van der Waals surface area contributed by atoms with Crippen molar-refractivity contribution in [3.8, 4) is 0 Å². The molecule has 0 aromatic heterocycles. The molecule has 0 radical (unpaired) electrons. The van der Waals surface area contributed by atoms with Crippen molar-refractivity contribution in [3.63, 3.8) is 0 Å². The van der Waals surface area contributed by atoms with Crippen molar-refractivity contribution in [2.75, 3.05) is 19.8 Å². The van der Waals surface area contributed by atoms with E-state index >= 15 is 0 Å². The Hall–Kier alpha value is -3.35. The van der Waals surface area contributed by atoms with Crippen LogP contribution < -0.4 is 5.32 Å². The zero-order chi connectivity index (χ0) is 55.3. The van der Waals surface area contributed by atoms with Gasteiger partial charge in [0.1, 0.15) is 48.8 Å². The molecule has 2 rings (SSSR count). The van der Waals surface area contributed by atoms with E-state index in [0.717, 1.165) is 116 Å². The van der Waals surface area contributed by atoms with Gasteiger partial charge in [-0.25, -0.2) is 0 Å². The van der Waals surface area contributed by atoms with E-state index in [2.05, 4.69) is 129 Å². The topological polar surface area (TPSA) is 228 Å². The van der Waals surface area contributed by atoms with Crippen LogP contribution in [-0.4, -0.2) is 140 Å². The number of aliphatic hydroxyl groups is 8. The molecule has 9 N–H and O–H groups in total. The number of ether oxygens (including phenoxy) is 4. The number of rotatable bonds is 44. The van der Waals surface area contributed by atoms with Gasteiger partial charge in [-0.2, -0.15) is 0 Å². The van der Waals surface area contributed by atoms with E-state index in [1.807, 2.05) is 0 Å². The summed E-state index contributed by atoms with van der Waals surface area (Å²) in [4.78, 5) is 13.2. The highest BCUT2D eigenvalue weighted by Crippen LogP contribution is 2.30. The molecule has 2 heterocycles. The molecule has 1 amide bonds. The third-order valence-corrected chi connectivity index (χ3v) is 13.5. The number of hydrogen-bond acceptors (Lipinski definition) is 13. The Balaban J connectivity index is 1.67. The molecule has 2 saturated heterocycles. The molecule has 76 heavy (non-hydrogen) atoms. The first-order chi connectivity index (χ1) is 37.1. The van der Waals surface area contributed by atoms with Crippen LogP contribution in [-0.2, 0) is 23.7 Å². The maximum Gasteiger partial charge on any atom is 0.220 e. The third-order valence-electron chi connectivity index (χ3n) is 13.5. The molecule has 0 aromatic carbocycles. The Morgan fingerprint density at radius 3 is 1.39 bits per heavy atom. The second-order valence-corrected chi connectivity index (χ2v) is 20.0. The van der Waals surface area contributed by atoms with Crippen LogP contribution in [0.1, 0.15) is 181 Å². The number of nitrogens with one attached hydrogen (secondary N) is 1. The first-order valence-corrected chi connectivity index (χ1v) is 29.1. The van der Waals surface area contributed by atoms with Crippen LogP contribution in [0.2, 0.25) is 0 Å². The summed E-state index contributed by atoms with van der Waals surface area (Å²) in [6.07, 6.45) is 48.2. The van der Waals surface area contributed by atoms with E-state index < -0.39 is 86.8 Å². The van der Waals surface area contributed by atoms with Crippen molar-refractivity contribution < 1.29 is 64.6 Å². The standard InChI is InChI=1S/C62H103NO13/c1-3-5-7-9-11-13-14-15-16-17-18-19-20-21-22-23-24-25-26-27-28-29-30-31-32-33-34-35-36-38-40-42-44-46-54(67)63-50(51(66)45-43-41-39-37-12-10-8-6-4-2)49-73-61-59(72)57(70)60(53(48-65)75-61)76-62-58(71)56(69)55(68)52(47-64)74-62/h5,7,11,13,15-16,18-19,21-22,24-25,27-28,30-31,33-34,50-53,55-62,64-66,68-72H,3-4,6,8-10,12,14,17,20,23,26,29,32,35-49H2,1-2H3,(H,63,67)/b7-5-,13-11-,16-15-,19-18-,22-21-,25-24-,28-27-,31-30-,34-33-. The van der Waals surface area contributed by atoms with E-state index in [0.29, 0.717) is 12.8 Å². The van der Waals surface area contributed by atoms with Gasteiger partial charge >= 0.3 is 0 Å². The minimum Gasteiger partial charge on any atom is -0.394 e. The molecule has 12 unspecified atom stereocenters. The maximum absolute atomic E-state index is 13.2. The van der Waals surface area contributed by atoms with E-state index in [1.165, 1.54) is 32.1 Å².